The van der Waals surface area contributed by atoms with Gasteiger partial charge in [-0.2, -0.15) is 4.31 Å². The van der Waals surface area contributed by atoms with E-state index in [1.54, 1.807) is 46.2 Å². The van der Waals surface area contributed by atoms with Crippen molar-refractivity contribution < 1.29 is 27.1 Å². The third-order valence-electron chi connectivity index (χ3n) is 8.76. The van der Waals surface area contributed by atoms with Gasteiger partial charge < -0.3 is 14.5 Å². The van der Waals surface area contributed by atoms with Crippen LogP contribution in [0.5, 0.6) is 0 Å². The lowest BCUT2D eigenvalue weighted by Gasteiger charge is -2.50. The van der Waals surface area contributed by atoms with E-state index < -0.39 is 34.3 Å². The van der Waals surface area contributed by atoms with Crippen molar-refractivity contribution in [1.82, 2.24) is 14.1 Å². The van der Waals surface area contributed by atoms with E-state index in [1.807, 2.05) is 31.2 Å². The number of hydrogen-bond donors (Lipinski definition) is 0. The van der Waals surface area contributed by atoms with Gasteiger partial charge in [0, 0.05) is 33.0 Å². The van der Waals surface area contributed by atoms with Crippen LogP contribution in [0, 0.1) is 12.7 Å². The first-order chi connectivity index (χ1) is 20.1. The molecule has 0 aliphatic carbocycles. The van der Waals surface area contributed by atoms with Crippen LogP contribution in [0.2, 0.25) is 0 Å². The molecule has 4 atom stereocenters. The Kier molecular flexibility index (Phi) is 7.63. The lowest BCUT2D eigenvalue weighted by Crippen LogP contribution is -2.67. The van der Waals surface area contributed by atoms with Gasteiger partial charge in [-0.3, -0.25) is 9.59 Å². The molecule has 2 saturated heterocycles. The molecule has 10 heteroatoms. The summed E-state index contributed by atoms with van der Waals surface area (Å²) in [4.78, 5) is 30.4. The number of aryl methyl sites for hydroxylation is 1. The van der Waals surface area contributed by atoms with E-state index in [0.717, 1.165) is 22.3 Å². The first-order valence-corrected chi connectivity index (χ1v) is 15.7. The molecular formula is C32H34FN3O5S. The van der Waals surface area contributed by atoms with Crippen molar-refractivity contribution in [3.8, 4) is 0 Å². The number of nitrogens with zero attached hydrogens (tertiary/aromatic N) is 3. The second-order valence-electron chi connectivity index (χ2n) is 11.3. The molecule has 3 aromatic carbocycles. The molecule has 3 heterocycles. The zero-order chi connectivity index (χ0) is 29.6. The Morgan fingerprint density at radius 3 is 2.31 bits per heavy atom. The van der Waals surface area contributed by atoms with Crippen molar-refractivity contribution in [2.24, 2.45) is 0 Å². The second-order valence-corrected chi connectivity index (χ2v) is 13.2. The Bertz CT molecular complexity index is 1600. The number of amides is 2. The highest BCUT2D eigenvalue weighted by Gasteiger charge is 2.49. The predicted octanol–water partition coefficient (Wildman–Crippen LogP) is 3.69. The third-order valence-corrected chi connectivity index (χ3v) is 10.7. The zero-order valence-corrected chi connectivity index (χ0v) is 24.5. The summed E-state index contributed by atoms with van der Waals surface area (Å²) in [6.07, 6.45) is -0.126. The molecule has 6 rings (SSSR count). The summed E-state index contributed by atoms with van der Waals surface area (Å²) in [7, 11) is -3.89. The Labute approximate surface area is 245 Å². The van der Waals surface area contributed by atoms with Gasteiger partial charge >= 0.3 is 0 Å². The van der Waals surface area contributed by atoms with Crippen LogP contribution in [-0.4, -0.2) is 78.8 Å². The van der Waals surface area contributed by atoms with Gasteiger partial charge in [-0.05, 0) is 54.3 Å². The third kappa shape index (κ3) is 5.12. The van der Waals surface area contributed by atoms with Crippen LogP contribution in [-0.2, 0) is 30.8 Å². The summed E-state index contributed by atoms with van der Waals surface area (Å²) in [5, 5.41) is 0. The highest BCUT2D eigenvalue weighted by molar-refractivity contribution is 7.89. The van der Waals surface area contributed by atoms with Crippen LogP contribution in [0.1, 0.15) is 41.6 Å². The van der Waals surface area contributed by atoms with Crippen LogP contribution in [0.4, 0.5) is 4.39 Å². The Hall–Kier alpha value is -3.60. The van der Waals surface area contributed by atoms with E-state index in [-0.39, 0.29) is 48.6 Å². The van der Waals surface area contributed by atoms with Crippen LogP contribution in [0.3, 0.4) is 0 Å². The number of halogens is 1. The molecule has 0 radical (unpaired) electrons. The number of rotatable bonds is 4. The number of piperazine rings is 1. The number of carbonyl (C=O) groups excluding carboxylic acids is 2. The summed E-state index contributed by atoms with van der Waals surface area (Å²) in [6.45, 7) is 4.23. The highest BCUT2D eigenvalue weighted by Crippen LogP contribution is 2.38. The van der Waals surface area contributed by atoms with Crippen molar-refractivity contribution in [2.75, 3.05) is 26.2 Å². The van der Waals surface area contributed by atoms with E-state index in [9.17, 15) is 22.4 Å². The van der Waals surface area contributed by atoms with Crippen LogP contribution in [0.15, 0.2) is 77.7 Å². The fraction of sp³-hybridized carbons (Fsp3) is 0.375. The normalized spacial score (nSPS) is 24.5. The summed E-state index contributed by atoms with van der Waals surface area (Å²) >= 11 is 0. The van der Waals surface area contributed by atoms with Gasteiger partial charge in [-0.25, -0.2) is 12.8 Å². The Morgan fingerprint density at radius 1 is 0.881 bits per heavy atom. The number of ether oxygens (including phenoxy) is 1. The van der Waals surface area contributed by atoms with Crippen LogP contribution in [0.25, 0.3) is 0 Å². The van der Waals surface area contributed by atoms with Gasteiger partial charge in [-0.1, -0.05) is 54.1 Å². The maximum atomic E-state index is 14.2. The van der Waals surface area contributed by atoms with Gasteiger partial charge in [0.25, 0.3) is 5.91 Å². The minimum Gasteiger partial charge on any atom is -0.366 e. The smallest absolute Gasteiger partial charge is 0.252 e. The Morgan fingerprint density at radius 2 is 1.60 bits per heavy atom. The van der Waals surface area contributed by atoms with E-state index in [0.29, 0.717) is 13.0 Å². The average Bonchev–Trinajstić information content (AvgIpc) is 3.00. The van der Waals surface area contributed by atoms with Gasteiger partial charge in [0.2, 0.25) is 15.9 Å². The van der Waals surface area contributed by atoms with Crippen molar-refractivity contribution >= 4 is 21.8 Å². The number of benzene rings is 3. The number of sulfonamides is 1. The summed E-state index contributed by atoms with van der Waals surface area (Å²) in [6, 6.07) is 19.2. The molecule has 42 heavy (non-hydrogen) atoms. The highest BCUT2D eigenvalue weighted by atomic mass is 32.2. The monoisotopic (exact) mass is 591 g/mol. The molecule has 0 aromatic heterocycles. The number of carbonyl (C=O) groups is 2. The quantitative estimate of drug-likeness (QED) is 0.462. The van der Waals surface area contributed by atoms with Gasteiger partial charge in [0.1, 0.15) is 11.9 Å². The van der Waals surface area contributed by atoms with Gasteiger partial charge in [0.15, 0.2) is 0 Å². The van der Waals surface area contributed by atoms with Crippen LogP contribution >= 0.6 is 0 Å². The fourth-order valence-electron chi connectivity index (χ4n) is 6.62. The molecule has 3 aliphatic rings. The molecule has 220 valence electrons. The van der Waals surface area contributed by atoms with Crippen molar-refractivity contribution in [1.29, 1.82) is 0 Å². The molecule has 2 fully saturated rings. The maximum Gasteiger partial charge on any atom is 0.252 e. The number of fused-ring (bicyclic) bond motifs is 2. The fourth-order valence-corrected chi connectivity index (χ4v) is 8.27. The molecule has 0 unspecified atom stereocenters. The molecule has 0 N–H and O–H groups in total. The molecule has 3 aliphatic heterocycles. The SMILES string of the molecule is CC(=O)N1CCN(S(=O)(=O)c2ccc(C)cc2)[C@H]2C[C@H](C(=O)N3CCc4ccccc4[C@@H]3c3ccc(F)cc3)OC[C@@H]21. The standard InChI is InChI=1S/C32H34FN3O5S/c1-21-7-13-26(14-8-21)42(39,40)36-18-17-34(22(2)37)29-20-41-30(19-28(29)36)32(38)35-16-15-23-5-3-4-6-27(23)31(35)24-9-11-25(33)12-10-24/h3-14,28-31H,15-20H2,1-2H3/t28-,29-,30+,31-/m0/s1. The van der Waals surface area contributed by atoms with Crippen molar-refractivity contribution in [3.05, 3.63) is 101 Å². The van der Waals surface area contributed by atoms with E-state index in [1.165, 1.54) is 23.4 Å². The molecule has 2 amide bonds. The number of hydrogen-bond acceptors (Lipinski definition) is 5. The first-order valence-electron chi connectivity index (χ1n) is 14.3. The molecule has 0 bridgehead atoms. The molecule has 8 nitrogen and oxygen atoms in total. The van der Waals surface area contributed by atoms with E-state index in [4.69, 9.17) is 4.74 Å². The molecule has 0 spiro atoms. The summed E-state index contributed by atoms with van der Waals surface area (Å²) in [5.41, 5.74) is 3.83. The summed E-state index contributed by atoms with van der Waals surface area (Å²) in [5.74, 6) is -0.760. The largest absolute Gasteiger partial charge is 0.366 e. The van der Waals surface area contributed by atoms with Crippen molar-refractivity contribution in [2.45, 2.75) is 55.8 Å². The maximum absolute atomic E-state index is 14.2. The zero-order valence-electron chi connectivity index (χ0n) is 23.6. The summed E-state index contributed by atoms with van der Waals surface area (Å²) < 4.78 is 49.2. The molecule has 0 saturated carbocycles. The topological polar surface area (TPSA) is 87.2 Å². The van der Waals surface area contributed by atoms with Crippen LogP contribution < -0.4 is 0 Å². The predicted molar refractivity (Wildman–Crippen MR) is 154 cm³/mol. The average molecular weight is 592 g/mol. The molecule has 3 aromatic rings. The second kappa shape index (κ2) is 11.2. The van der Waals surface area contributed by atoms with Gasteiger partial charge in [0.05, 0.1) is 29.6 Å². The Balaban J connectivity index is 1.32. The lowest BCUT2D eigenvalue weighted by atomic mass is 9.87. The molecular weight excluding hydrogens is 557 g/mol. The van der Waals surface area contributed by atoms with E-state index >= 15 is 0 Å². The van der Waals surface area contributed by atoms with Crippen molar-refractivity contribution in [3.63, 3.8) is 0 Å². The van der Waals surface area contributed by atoms with E-state index in [2.05, 4.69) is 0 Å². The lowest BCUT2D eigenvalue weighted by molar-refractivity contribution is -0.160. The first kappa shape index (κ1) is 28.5. The minimum absolute atomic E-state index is 0.0478. The minimum atomic E-state index is -3.89. The van der Waals surface area contributed by atoms with Gasteiger partial charge in [-0.15, -0.1) is 0 Å².